The zero-order valence-electron chi connectivity index (χ0n) is 12.7. The van der Waals surface area contributed by atoms with Crippen LogP contribution < -0.4 is 5.32 Å². The second-order valence-corrected chi connectivity index (χ2v) is 6.85. The van der Waals surface area contributed by atoms with Crippen LogP contribution in [0.5, 0.6) is 0 Å². The maximum absolute atomic E-state index is 8.89. The molecular weight excluding hydrogens is 226 g/mol. The molecule has 0 saturated heterocycles. The number of aliphatic hydroxyl groups is 1. The lowest BCUT2D eigenvalue weighted by atomic mass is 9.64. The average molecular weight is 257 g/mol. The number of hydrogen-bond acceptors (Lipinski definition) is 3. The molecular formula is C15H31NO2. The molecule has 3 unspecified atom stereocenters. The summed E-state index contributed by atoms with van der Waals surface area (Å²) in [5, 5.41) is 12.5. The van der Waals surface area contributed by atoms with E-state index in [9.17, 15) is 0 Å². The summed E-state index contributed by atoms with van der Waals surface area (Å²) in [7, 11) is 0. The van der Waals surface area contributed by atoms with E-state index in [0.717, 1.165) is 26.0 Å². The van der Waals surface area contributed by atoms with Gasteiger partial charge in [0.25, 0.3) is 0 Å². The molecule has 3 heteroatoms. The molecule has 0 aromatic carbocycles. The minimum atomic E-state index is 0.230. The number of ether oxygens (including phenoxy) is 1. The van der Waals surface area contributed by atoms with E-state index < -0.39 is 0 Å². The van der Waals surface area contributed by atoms with Crippen LogP contribution in [0, 0.1) is 17.3 Å². The van der Waals surface area contributed by atoms with E-state index in [2.05, 4.69) is 39.9 Å². The molecule has 1 fully saturated rings. The van der Waals surface area contributed by atoms with Crippen molar-refractivity contribution >= 4 is 0 Å². The fraction of sp³-hybridized carbons (Fsp3) is 1.00. The fourth-order valence-corrected chi connectivity index (χ4v) is 2.49. The quantitative estimate of drug-likeness (QED) is 0.702. The molecule has 0 aromatic rings. The summed E-state index contributed by atoms with van der Waals surface area (Å²) >= 11 is 0. The van der Waals surface area contributed by atoms with Gasteiger partial charge in [0, 0.05) is 24.7 Å². The van der Waals surface area contributed by atoms with E-state index in [4.69, 9.17) is 9.84 Å². The van der Waals surface area contributed by atoms with Crippen LogP contribution >= 0.6 is 0 Å². The highest BCUT2D eigenvalue weighted by molar-refractivity contribution is 5.02. The van der Waals surface area contributed by atoms with Gasteiger partial charge in [0.2, 0.25) is 0 Å². The largest absolute Gasteiger partial charge is 0.396 e. The summed E-state index contributed by atoms with van der Waals surface area (Å²) in [6.45, 7) is 13.3. The van der Waals surface area contributed by atoms with Gasteiger partial charge < -0.3 is 15.2 Å². The lowest BCUT2D eigenvalue weighted by Crippen LogP contribution is -2.61. The molecule has 3 atom stereocenters. The second kappa shape index (κ2) is 6.88. The Morgan fingerprint density at radius 3 is 2.50 bits per heavy atom. The Kier molecular flexibility index (Phi) is 6.09. The topological polar surface area (TPSA) is 41.5 Å². The molecule has 18 heavy (non-hydrogen) atoms. The zero-order valence-corrected chi connectivity index (χ0v) is 12.7. The third-order valence-electron chi connectivity index (χ3n) is 4.14. The fourth-order valence-electron chi connectivity index (χ4n) is 2.49. The standard InChI is InChI=1S/C15H31NO2/c1-11(2)10-18-14-8-13(15(14,4)5)16-9-12(3)6-7-17/h11-14,16-17H,6-10H2,1-5H3. The van der Waals surface area contributed by atoms with Crippen LogP contribution in [-0.4, -0.2) is 37.0 Å². The first kappa shape index (κ1) is 15.9. The van der Waals surface area contributed by atoms with Crippen molar-refractivity contribution in [2.45, 2.75) is 59.6 Å². The van der Waals surface area contributed by atoms with E-state index in [1.54, 1.807) is 0 Å². The van der Waals surface area contributed by atoms with E-state index >= 15 is 0 Å². The van der Waals surface area contributed by atoms with E-state index in [-0.39, 0.29) is 12.0 Å². The van der Waals surface area contributed by atoms with Gasteiger partial charge in [-0.2, -0.15) is 0 Å². The maximum atomic E-state index is 8.89. The third kappa shape index (κ3) is 4.22. The molecule has 0 amide bonds. The smallest absolute Gasteiger partial charge is 0.0656 e. The van der Waals surface area contributed by atoms with E-state index in [1.165, 1.54) is 0 Å². The van der Waals surface area contributed by atoms with Crippen molar-refractivity contribution in [3.8, 4) is 0 Å². The number of nitrogens with one attached hydrogen (secondary N) is 1. The predicted octanol–water partition coefficient (Wildman–Crippen LogP) is 2.43. The van der Waals surface area contributed by atoms with Gasteiger partial charge in [0.1, 0.15) is 0 Å². The summed E-state index contributed by atoms with van der Waals surface area (Å²) in [5.74, 6) is 1.15. The Hall–Kier alpha value is -0.120. The van der Waals surface area contributed by atoms with E-state index in [0.29, 0.717) is 24.0 Å². The first-order valence-corrected chi connectivity index (χ1v) is 7.33. The predicted molar refractivity (Wildman–Crippen MR) is 75.6 cm³/mol. The van der Waals surface area contributed by atoms with Crippen LogP contribution in [0.4, 0.5) is 0 Å². The number of hydrogen-bond donors (Lipinski definition) is 2. The van der Waals surface area contributed by atoms with Crippen LogP contribution in [0.1, 0.15) is 47.5 Å². The second-order valence-electron chi connectivity index (χ2n) is 6.85. The Bertz CT molecular complexity index is 241. The molecule has 2 N–H and O–H groups in total. The molecule has 0 aromatic heterocycles. The average Bonchev–Trinajstić information content (AvgIpc) is 2.26. The van der Waals surface area contributed by atoms with Crippen molar-refractivity contribution in [1.29, 1.82) is 0 Å². The maximum Gasteiger partial charge on any atom is 0.0656 e. The molecule has 1 aliphatic rings. The molecule has 1 saturated carbocycles. The van der Waals surface area contributed by atoms with Crippen molar-refractivity contribution in [1.82, 2.24) is 5.32 Å². The molecule has 0 bridgehead atoms. The van der Waals surface area contributed by atoms with Crippen LogP contribution in [-0.2, 0) is 4.74 Å². The highest BCUT2D eigenvalue weighted by atomic mass is 16.5. The van der Waals surface area contributed by atoms with Gasteiger partial charge in [0.05, 0.1) is 6.10 Å². The third-order valence-corrected chi connectivity index (χ3v) is 4.14. The summed E-state index contributed by atoms with van der Waals surface area (Å²) in [6, 6.07) is 0.552. The lowest BCUT2D eigenvalue weighted by Gasteiger charge is -2.52. The first-order chi connectivity index (χ1) is 8.37. The van der Waals surface area contributed by atoms with Gasteiger partial charge in [-0.3, -0.25) is 0 Å². The molecule has 0 spiro atoms. The van der Waals surface area contributed by atoms with Crippen LogP contribution in [0.3, 0.4) is 0 Å². The first-order valence-electron chi connectivity index (χ1n) is 7.33. The molecule has 0 heterocycles. The summed E-state index contributed by atoms with van der Waals surface area (Å²) < 4.78 is 5.96. The molecule has 0 radical (unpaired) electrons. The van der Waals surface area contributed by atoms with Gasteiger partial charge in [-0.25, -0.2) is 0 Å². The van der Waals surface area contributed by atoms with Crippen LogP contribution in [0.2, 0.25) is 0 Å². The Labute approximate surface area is 112 Å². The highest BCUT2D eigenvalue weighted by Gasteiger charge is 2.48. The monoisotopic (exact) mass is 257 g/mol. The molecule has 1 aliphatic carbocycles. The van der Waals surface area contributed by atoms with Gasteiger partial charge in [-0.05, 0) is 31.2 Å². The zero-order chi connectivity index (χ0) is 13.8. The van der Waals surface area contributed by atoms with Gasteiger partial charge in [0.15, 0.2) is 0 Å². The van der Waals surface area contributed by atoms with Crippen LogP contribution in [0.15, 0.2) is 0 Å². The minimum absolute atomic E-state index is 0.230. The summed E-state index contributed by atoms with van der Waals surface area (Å²) in [5.41, 5.74) is 0.230. The van der Waals surface area contributed by atoms with Gasteiger partial charge >= 0.3 is 0 Å². The minimum Gasteiger partial charge on any atom is -0.396 e. The molecule has 108 valence electrons. The molecule has 0 aliphatic heterocycles. The van der Waals surface area contributed by atoms with Crippen molar-refractivity contribution in [3.63, 3.8) is 0 Å². The van der Waals surface area contributed by atoms with Crippen molar-refractivity contribution < 1.29 is 9.84 Å². The molecule has 3 nitrogen and oxygen atoms in total. The Morgan fingerprint density at radius 2 is 2.00 bits per heavy atom. The van der Waals surface area contributed by atoms with Crippen molar-refractivity contribution in [3.05, 3.63) is 0 Å². The van der Waals surface area contributed by atoms with Gasteiger partial charge in [-0.15, -0.1) is 0 Å². The number of aliphatic hydroxyl groups excluding tert-OH is 1. The van der Waals surface area contributed by atoms with E-state index in [1.807, 2.05) is 0 Å². The normalized spacial score (nSPS) is 28.2. The lowest BCUT2D eigenvalue weighted by molar-refractivity contribution is -0.124. The number of rotatable bonds is 8. The highest BCUT2D eigenvalue weighted by Crippen LogP contribution is 2.42. The summed E-state index contributed by atoms with van der Waals surface area (Å²) in [6.07, 6.45) is 2.39. The van der Waals surface area contributed by atoms with Crippen molar-refractivity contribution in [2.75, 3.05) is 19.8 Å². The van der Waals surface area contributed by atoms with Gasteiger partial charge in [-0.1, -0.05) is 34.6 Å². The van der Waals surface area contributed by atoms with Crippen molar-refractivity contribution in [2.24, 2.45) is 17.3 Å². The Balaban J connectivity index is 2.26. The summed E-state index contributed by atoms with van der Waals surface area (Å²) in [4.78, 5) is 0. The SMILES string of the molecule is CC(C)COC1CC(NCC(C)CCO)C1(C)C. The Morgan fingerprint density at radius 1 is 1.33 bits per heavy atom. The molecule has 1 rings (SSSR count). The van der Waals surface area contributed by atoms with Crippen LogP contribution in [0.25, 0.3) is 0 Å².